The number of sulfonamides is 1. The predicted molar refractivity (Wildman–Crippen MR) is 112 cm³/mol. The van der Waals surface area contributed by atoms with Crippen molar-refractivity contribution in [2.24, 2.45) is 0 Å². The van der Waals surface area contributed by atoms with Gasteiger partial charge in [0.1, 0.15) is 0 Å². The quantitative estimate of drug-likeness (QED) is 0.753. The van der Waals surface area contributed by atoms with Gasteiger partial charge in [0.05, 0.1) is 4.90 Å². The third kappa shape index (κ3) is 5.13. The topological polar surface area (TPSA) is 66.5 Å². The molecule has 1 aliphatic rings. The molecule has 0 aliphatic carbocycles. The Labute approximate surface area is 171 Å². The number of piperidine rings is 1. The van der Waals surface area contributed by atoms with Crippen LogP contribution in [0.3, 0.4) is 0 Å². The van der Waals surface area contributed by atoms with E-state index >= 15 is 0 Å². The lowest BCUT2D eigenvalue weighted by atomic mass is 10.1. The van der Waals surface area contributed by atoms with Gasteiger partial charge in [-0.05, 0) is 61.6 Å². The second-order valence-electron chi connectivity index (χ2n) is 7.12. The molecule has 28 heavy (non-hydrogen) atoms. The monoisotopic (exact) mass is 420 g/mol. The molecule has 7 heteroatoms. The molecule has 1 saturated heterocycles. The van der Waals surface area contributed by atoms with E-state index in [2.05, 4.69) is 5.32 Å². The minimum absolute atomic E-state index is 0.148. The highest BCUT2D eigenvalue weighted by atomic mass is 35.5. The van der Waals surface area contributed by atoms with Crippen LogP contribution in [0.25, 0.3) is 0 Å². The van der Waals surface area contributed by atoms with Crippen LogP contribution in [0.4, 0.5) is 5.69 Å². The fourth-order valence-electron chi connectivity index (χ4n) is 3.27. The highest BCUT2D eigenvalue weighted by molar-refractivity contribution is 7.89. The van der Waals surface area contributed by atoms with Crippen LogP contribution >= 0.6 is 11.6 Å². The van der Waals surface area contributed by atoms with Gasteiger partial charge in [-0.25, -0.2) is 8.42 Å². The second kappa shape index (κ2) is 9.07. The molecule has 1 heterocycles. The van der Waals surface area contributed by atoms with E-state index in [9.17, 15) is 13.2 Å². The number of hydrogen-bond acceptors (Lipinski definition) is 3. The molecule has 0 saturated carbocycles. The molecular weight excluding hydrogens is 396 g/mol. The van der Waals surface area contributed by atoms with Crippen LogP contribution in [-0.2, 0) is 21.2 Å². The molecule has 0 unspecified atom stereocenters. The minimum atomic E-state index is -3.53. The van der Waals surface area contributed by atoms with Crippen LogP contribution in [0, 0.1) is 6.92 Å². The molecule has 0 aromatic heterocycles. The van der Waals surface area contributed by atoms with Crippen molar-refractivity contribution in [3.8, 4) is 0 Å². The normalized spacial score (nSPS) is 15.4. The van der Waals surface area contributed by atoms with Gasteiger partial charge in [0, 0.05) is 30.2 Å². The molecule has 2 aromatic rings. The Balaban J connectivity index is 1.68. The van der Waals surface area contributed by atoms with Crippen molar-refractivity contribution in [3.63, 3.8) is 0 Å². The van der Waals surface area contributed by atoms with E-state index in [1.54, 1.807) is 30.3 Å². The Bertz CT molecular complexity index is 937. The Morgan fingerprint density at radius 3 is 2.43 bits per heavy atom. The predicted octanol–water partition coefficient (Wildman–Crippen LogP) is 4.39. The first-order valence-electron chi connectivity index (χ1n) is 9.51. The summed E-state index contributed by atoms with van der Waals surface area (Å²) in [5, 5.41) is 3.52. The number of anilines is 1. The zero-order valence-corrected chi connectivity index (χ0v) is 17.5. The second-order valence-corrected chi connectivity index (χ2v) is 9.49. The molecule has 1 fully saturated rings. The molecule has 1 N–H and O–H groups in total. The van der Waals surface area contributed by atoms with Crippen molar-refractivity contribution in [1.29, 1.82) is 0 Å². The number of benzene rings is 2. The minimum Gasteiger partial charge on any atom is -0.326 e. The zero-order valence-electron chi connectivity index (χ0n) is 15.9. The van der Waals surface area contributed by atoms with Gasteiger partial charge in [0.2, 0.25) is 15.9 Å². The Hall–Kier alpha value is -1.89. The Morgan fingerprint density at radius 2 is 1.75 bits per heavy atom. The number of nitrogens with one attached hydrogen (secondary N) is 1. The number of hydrogen-bond donors (Lipinski definition) is 1. The number of rotatable bonds is 6. The van der Waals surface area contributed by atoms with E-state index < -0.39 is 10.0 Å². The van der Waals surface area contributed by atoms with Crippen LogP contribution in [0.2, 0.25) is 5.02 Å². The van der Waals surface area contributed by atoms with E-state index in [1.807, 2.05) is 19.1 Å². The number of nitrogens with zero attached hydrogens (tertiary/aromatic N) is 1. The van der Waals surface area contributed by atoms with Crippen molar-refractivity contribution in [3.05, 3.63) is 58.6 Å². The summed E-state index contributed by atoms with van der Waals surface area (Å²) in [6, 6.07) is 12.3. The van der Waals surface area contributed by atoms with E-state index in [1.165, 1.54) is 4.31 Å². The number of carbonyl (C=O) groups excluding carboxylic acids is 1. The highest BCUT2D eigenvalue weighted by Gasteiger charge is 2.26. The number of carbonyl (C=O) groups is 1. The molecule has 0 atom stereocenters. The smallest absolute Gasteiger partial charge is 0.243 e. The van der Waals surface area contributed by atoms with E-state index in [-0.39, 0.29) is 10.8 Å². The van der Waals surface area contributed by atoms with Gasteiger partial charge in [0.15, 0.2) is 0 Å². The highest BCUT2D eigenvalue weighted by Crippen LogP contribution is 2.25. The summed E-state index contributed by atoms with van der Waals surface area (Å²) in [6.07, 6.45) is 3.74. The maximum absolute atomic E-state index is 12.9. The largest absolute Gasteiger partial charge is 0.326 e. The summed E-state index contributed by atoms with van der Waals surface area (Å²) < 4.78 is 27.3. The molecule has 2 aromatic carbocycles. The van der Waals surface area contributed by atoms with Crippen molar-refractivity contribution >= 4 is 33.2 Å². The van der Waals surface area contributed by atoms with Crippen LogP contribution < -0.4 is 5.32 Å². The summed E-state index contributed by atoms with van der Waals surface area (Å²) in [4.78, 5) is 12.6. The van der Waals surface area contributed by atoms with Gasteiger partial charge in [-0.1, -0.05) is 36.2 Å². The maximum Gasteiger partial charge on any atom is 0.243 e. The van der Waals surface area contributed by atoms with Gasteiger partial charge in [-0.2, -0.15) is 4.31 Å². The SMILES string of the molecule is Cc1ccc(S(=O)(=O)N2CCCCC2)cc1NC(=O)CCc1ccc(Cl)cc1. The molecule has 5 nitrogen and oxygen atoms in total. The molecular formula is C21H25ClN2O3S. The summed E-state index contributed by atoms with van der Waals surface area (Å²) in [5.41, 5.74) is 2.40. The summed E-state index contributed by atoms with van der Waals surface area (Å²) >= 11 is 5.87. The molecule has 0 radical (unpaired) electrons. The third-order valence-corrected chi connectivity index (χ3v) is 7.14. The Morgan fingerprint density at radius 1 is 1.07 bits per heavy atom. The number of halogens is 1. The first-order valence-corrected chi connectivity index (χ1v) is 11.3. The average molecular weight is 421 g/mol. The van der Waals surface area contributed by atoms with Gasteiger partial charge >= 0.3 is 0 Å². The van der Waals surface area contributed by atoms with Crippen molar-refractivity contribution in [2.75, 3.05) is 18.4 Å². The van der Waals surface area contributed by atoms with E-state index in [0.29, 0.717) is 36.6 Å². The molecule has 0 bridgehead atoms. The molecule has 0 spiro atoms. The van der Waals surface area contributed by atoms with Crippen molar-refractivity contribution in [1.82, 2.24) is 4.31 Å². The van der Waals surface area contributed by atoms with Crippen molar-refractivity contribution in [2.45, 2.75) is 43.9 Å². The summed E-state index contributed by atoms with van der Waals surface area (Å²) in [5.74, 6) is -0.148. The first-order chi connectivity index (χ1) is 13.4. The van der Waals surface area contributed by atoms with Crippen LogP contribution in [0.5, 0.6) is 0 Å². The number of aryl methyl sites for hydroxylation is 2. The maximum atomic E-state index is 12.9. The molecule has 3 rings (SSSR count). The van der Waals surface area contributed by atoms with Gasteiger partial charge in [-0.15, -0.1) is 0 Å². The van der Waals surface area contributed by atoms with Gasteiger partial charge in [-0.3, -0.25) is 4.79 Å². The fourth-order valence-corrected chi connectivity index (χ4v) is 4.94. The Kier molecular flexibility index (Phi) is 6.75. The first kappa shape index (κ1) is 20.8. The fraction of sp³-hybridized carbons (Fsp3) is 0.381. The van der Waals surface area contributed by atoms with E-state index in [4.69, 9.17) is 11.6 Å². The average Bonchev–Trinajstić information content (AvgIpc) is 2.70. The van der Waals surface area contributed by atoms with Gasteiger partial charge in [0.25, 0.3) is 0 Å². The molecule has 1 amide bonds. The lowest BCUT2D eigenvalue weighted by molar-refractivity contribution is -0.116. The number of amides is 1. The summed E-state index contributed by atoms with van der Waals surface area (Å²) in [7, 11) is -3.53. The van der Waals surface area contributed by atoms with Crippen LogP contribution in [0.15, 0.2) is 47.4 Å². The molecule has 1 aliphatic heterocycles. The van der Waals surface area contributed by atoms with E-state index in [0.717, 1.165) is 30.4 Å². The molecule has 150 valence electrons. The summed E-state index contributed by atoms with van der Waals surface area (Å²) in [6.45, 7) is 2.96. The van der Waals surface area contributed by atoms with Crippen LogP contribution in [0.1, 0.15) is 36.8 Å². The van der Waals surface area contributed by atoms with Crippen LogP contribution in [-0.4, -0.2) is 31.7 Å². The third-order valence-electron chi connectivity index (χ3n) is 4.99. The lowest BCUT2D eigenvalue weighted by Gasteiger charge is -2.26. The van der Waals surface area contributed by atoms with Gasteiger partial charge < -0.3 is 5.32 Å². The lowest BCUT2D eigenvalue weighted by Crippen LogP contribution is -2.35. The standard InChI is InChI=1S/C21H25ClN2O3S/c1-16-5-11-19(28(26,27)24-13-3-2-4-14-24)15-20(16)23-21(25)12-8-17-6-9-18(22)10-7-17/h5-7,9-11,15H,2-4,8,12-14H2,1H3,(H,23,25). The zero-order chi connectivity index (χ0) is 20.1. The van der Waals surface area contributed by atoms with Crippen molar-refractivity contribution < 1.29 is 13.2 Å².